The van der Waals surface area contributed by atoms with Gasteiger partial charge in [0.2, 0.25) is 21.8 Å². The minimum absolute atomic E-state index is 0.0741. The second-order valence-electron chi connectivity index (χ2n) is 7.24. The van der Waals surface area contributed by atoms with Crippen LogP contribution in [0.25, 0.3) is 0 Å². The van der Waals surface area contributed by atoms with Gasteiger partial charge >= 0.3 is 0 Å². The second-order valence-corrected chi connectivity index (χ2v) is 9.01. The normalized spacial score (nSPS) is 12.2. The van der Waals surface area contributed by atoms with Crippen molar-refractivity contribution in [3.05, 3.63) is 84.3 Å². The molecule has 0 unspecified atom stereocenters. The van der Waals surface area contributed by atoms with Gasteiger partial charge in [-0.05, 0) is 61.0 Å². The number of carbonyl (C=O) groups is 2. The maximum absolute atomic E-state index is 13.9. The van der Waals surface area contributed by atoms with Crippen LogP contribution in [0.1, 0.15) is 19.1 Å². The first-order chi connectivity index (χ1) is 16.2. The van der Waals surface area contributed by atoms with E-state index in [0.717, 1.165) is 35.2 Å². The number of hydrogen-bond acceptors (Lipinski definition) is 5. The van der Waals surface area contributed by atoms with E-state index in [-0.39, 0.29) is 23.5 Å². The number of rotatable bonds is 10. The highest BCUT2D eigenvalue weighted by molar-refractivity contribution is 7.89. The zero-order valence-corrected chi connectivity index (χ0v) is 19.0. The number of nitrogens with zero attached hydrogens (tertiary/aromatic N) is 1. The minimum atomic E-state index is -4.14. The molecule has 0 fully saturated rings. The highest BCUT2D eigenvalue weighted by atomic mass is 32.2. The minimum Gasteiger partial charge on any atom is -0.467 e. The third kappa shape index (κ3) is 6.27. The lowest BCUT2D eigenvalue weighted by Crippen LogP contribution is -2.52. The summed E-state index contributed by atoms with van der Waals surface area (Å²) in [6, 6.07) is 11.4. The highest BCUT2D eigenvalue weighted by Gasteiger charge is 2.31. The van der Waals surface area contributed by atoms with Crippen LogP contribution >= 0.6 is 0 Å². The monoisotopic (exact) mass is 491 g/mol. The lowest BCUT2D eigenvalue weighted by Gasteiger charge is -2.30. The Labute approximate surface area is 195 Å². The predicted octanol–water partition coefficient (Wildman–Crippen LogP) is 2.96. The Morgan fingerprint density at radius 1 is 1.03 bits per heavy atom. The molecular formula is C23H23F2N3O5S. The molecule has 0 aliphatic heterocycles. The van der Waals surface area contributed by atoms with Gasteiger partial charge in [0.15, 0.2) is 0 Å². The number of carbonyl (C=O) groups excluding carboxylic acids is 2. The zero-order chi connectivity index (χ0) is 24.7. The maximum atomic E-state index is 13.9. The Kier molecular flexibility index (Phi) is 8.13. The van der Waals surface area contributed by atoms with E-state index in [1.165, 1.54) is 24.5 Å². The lowest BCUT2D eigenvalue weighted by molar-refractivity contribution is -0.126. The SMILES string of the molecule is CC[C@H](C(=O)NCc1ccco1)N(C(=O)CNS(=O)(=O)c1ccc(F)cc1)c1cccc(F)c1. The van der Waals surface area contributed by atoms with Gasteiger partial charge in [-0.1, -0.05) is 13.0 Å². The average Bonchev–Trinajstić information content (AvgIpc) is 3.33. The quantitative estimate of drug-likeness (QED) is 0.453. The van der Waals surface area contributed by atoms with Crippen LogP contribution in [0.3, 0.4) is 0 Å². The number of sulfonamides is 1. The molecule has 0 aliphatic carbocycles. The standard InChI is InChI=1S/C23H23F2N3O5S/c1-2-21(23(30)26-14-19-7-4-12-33-19)28(18-6-3-5-17(25)13-18)22(29)15-27-34(31,32)20-10-8-16(24)9-11-20/h3-13,21,27H,2,14-15H2,1H3,(H,26,30)/t21-/m1/s1. The Hall–Kier alpha value is -3.57. The summed E-state index contributed by atoms with van der Waals surface area (Å²) in [6.45, 7) is 1.03. The summed E-state index contributed by atoms with van der Waals surface area (Å²) in [4.78, 5) is 26.9. The topological polar surface area (TPSA) is 109 Å². The van der Waals surface area contributed by atoms with Gasteiger partial charge in [-0.3, -0.25) is 14.5 Å². The summed E-state index contributed by atoms with van der Waals surface area (Å²) in [7, 11) is -4.14. The molecule has 0 saturated heterocycles. The van der Waals surface area contributed by atoms with Crippen molar-refractivity contribution in [2.24, 2.45) is 0 Å². The van der Waals surface area contributed by atoms with Crippen molar-refractivity contribution >= 4 is 27.5 Å². The summed E-state index contributed by atoms with van der Waals surface area (Å²) >= 11 is 0. The Bertz CT molecular complexity index is 1230. The number of halogens is 2. The maximum Gasteiger partial charge on any atom is 0.243 e. The first-order valence-corrected chi connectivity index (χ1v) is 11.8. The molecule has 0 bridgehead atoms. The van der Waals surface area contributed by atoms with Crippen molar-refractivity contribution in [3.63, 3.8) is 0 Å². The van der Waals surface area contributed by atoms with Crippen LogP contribution in [-0.4, -0.2) is 32.8 Å². The van der Waals surface area contributed by atoms with E-state index < -0.39 is 46.1 Å². The van der Waals surface area contributed by atoms with Gasteiger partial charge in [-0.25, -0.2) is 21.9 Å². The fourth-order valence-corrected chi connectivity index (χ4v) is 4.23. The Morgan fingerprint density at radius 3 is 2.38 bits per heavy atom. The Balaban J connectivity index is 1.82. The lowest BCUT2D eigenvalue weighted by atomic mass is 10.1. The van der Waals surface area contributed by atoms with Crippen LogP contribution in [0, 0.1) is 11.6 Å². The van der Waals surface area contributed by atoms with Crippen LogP contribution in [0.5, 0.6) is 0 Å². The molecule has 1 aromatic heterocycles. The van der Waals surface area contributed by atoms with Crippen molar-refractivity contribution < 1.29 is 31.2 Å². The van der Waals surface area contributed by atoms with E-state index in [4.69, 9.17) is 4.42 Å². The molecule has 2 aromatic carbocycles. The first kappa shape index (κ1) is 25.1. The molecule has 0 saturated carbocycles. The predicted molar refractivity (Wildman–Crippen MR) is 120 cm³/mol. The van der Waals surface area contributed by atoms with Crippen LogP contribution in [0.15, 0.2) is 76.2 Å². The number of hydrogen-bond donors (Lipinski definition) is 2. The van der Waals surface area contributed by atoms with Crippen molar-refractivity contribution in [1.82, 2.24) is 10.0 Å². The molecule has 3 aromatic rings. The summed E-state index contributed by atoms with van der Waals surface area (Å²) < 4.78 is 59.4. The molecule has 11 heteroatoms. The molecule has 1 heterocycles. The summed E-state index contributed by atoms with van der Waals surface area (Å²) in [5.41, 5.74) is 0.0889. The van der Waals surface area contributed by atoms with Crippen molar-refractivity contribution in [1.29, 1.82) is 0 Å². The average molecular weight is 492 g/mol. The molecule has 1 atom stereocenters. The first-order valence-electron chi connectivity index (χ1n) is 10.3. The molecule has 0 spiro atoms. The summed E-state index contributed by atoms with van der Waals surface area (Å²) in [5.74, 6) is -2.06. The van der Waals surface area contributed by atoms with Gasteiger partial charge in [-0.2, -0.15) is 0 Å². The molecular weight excluding hydrogens is 468 g/mol. The largest absolute Gasteiger partial charge is 0.467 e. The van der Waals surface area contributed by atoms with Crippen molar-refractivity contribution in [2.75, 3.05) is 11.4 Å². The smallest absolute Gasteiger partial charge is 0.243 e. The number of amides is 2. The molecule has 2 N–H and O–H groups in total. The molecule has 8 nitrogen and oxygen atoms in total. The van der Waals surface area contributed by atoms with E-state index in [9.17, 15) is 26.8 Å². The molecule has 0 aliphatic rings. The van der Waals surface area contributed by atoms with Crippen LogP contribution < -0.4 is 14.9 Å². The van der Waals surface area contributed by atoms with Crippen molar-refractivity contribution in [2.45, 2.75) is 30.8 Å². The number of nitrogens with one attached hydrogen (secondary N) is 2. The van der Waals surface area contributed by atoms with Gasteiger partial charge in [0.1, 0.15) is 23.4 Å². The van der Waals surface area contributed by atoms with Gasteiger partial charge in [-0.15, -0.1) is 0 Å². The van der Waals surface area contributed by atoms with Crippen LogP contribution in [0.2, 0.25) is 0 Å². The summed E-state index contributed by atoms with van der Waals surface area (Å²) in [6.07, 6.45) is 1.62. The highest BCUT2D eigenvalue weighted by Crippen LogP contribution is 2.21. The van der Waals surface area contributed by atoms with E-state index >= 15 is 0 Å². The zero-order valence-electron chi connectivity index (χ0n) is 18.2. The summed E-state index contributed by atoms with van der Waals surface area (Å²) in [5, 5.41) is 2.66. The molecule has 180 valence electrons. The second kappa shape index (κ2) is 11.0. The molecule has 34 heavy (non-hydrogen) atoms. The van der Waals surface area contributed by atoms with Crippen molar-refractivity contribution in [3.8, 4) is 0 Å². The van der Waals surface area contributed by atoms with Crippen LogP contribution in [0.4, 0.5) is 14.5 Å². The molecule has 2 amide bonds. The number of anilines is 1. The third-order valence-corrected chi connectivity index (χ3v) is 6.33. The number of furan rings is 1. The van der Waals surface area contributed by atoms with E-state index in [2.05, 4.69) is 10.0 Å². The fourth-order valence-electron chi connectivity index (χ4n) is 3.25. The van der Waals surface area contributed by atoms with Gasteiger partial charge in [0.25, 0.3) is 0 Å². The van der Waals surface area contributed by atoms with Gasteiger partial charge in [0, 0.05) is 5.69 Å². The fraction of sp³-hybridized carbons (Fsp3) is 0.217. The van der Waals surface area contributed by atoms with Gasteiger partial charge < -0.3 is 9.73 Å². The van der Waals surface area contributed by atoms with E-state index in [1.54, 1.807) is 19.1 Å². The molecule has 0 radical (unpaired) electrons. The Morgan fingerprint density at radius 2 is 1.76 bits per heavy atom. The van der Waals surface area contributed by atoms with Gasteiger partial charge in [0.05, 0.1) is 24.2 Å². The van der Waals surface area contributed by atoms with E-state index in [1.807, 2.05) is 0 Å². The molecule has 3 rings (SSSR count). The third-order valence-electron chi connectivity index (χ3n) is 4.91. The number of benzene rings is 2. The van der Waals surface area contributed by atoms with Crippen LogP contribution in [-0.2, 0) is 26.2 Å². The van der Waals surface area contributed by atoms with E-state index in [0.29, 0.717) is 5.76 Å².